The van der Waals surface area contributed by atoms with E-state index >= 15 is 0 Å². The maximum Gasteiger partial charge on any atom is 0.796 e. The number of aliphatic imine (C=N–C) groups is 2. The first kappa shape index (κ1) is 22.0. The Balaban J connectivity index is 2.65. The van der Waals surface area contributed by atoms with Crippen LogP contribution in [0.5, 0.6) is 0 Å². The zero-order valence-electron chi connectivity index (χ0n) is 16.7. The molecule has 0 atom stereocenters. The molecule has 2 aliphatic rings. The molecule has 0 aliphatic carbocycles. The summed E-state index contributed by atoms with van der Waals surface area (Å²) < 4.78 is 61.4. The molecule has 0 bridgehead atoms. The van der Waals surface area contributed by atoms with Gasteiger partial charge in [0.05, 0.1) is 0 Å². The van der Waals surface area contributed by atoms with Crippen molar-refractivity contribution < 1.29 is 26.6 Å². The maximum atomic E-state index is 13.1. The van der Waals surface area contributed by atoms with E-state index in [-0.39, 0.29) is 22.2 Å². The molecule has 0 amide bonds. The third kappa shape index (κ3) is 5.39. The van der Waals surface area contributed by atoms with Crippen LogP contribution in [-0.4, -0.2) is 26.4 Å². The lowest BCUT2D eigenvalue weighted by Gasteiger charge is -2.18. The van der Waals surface area contributed by atoms with E-state index in [1.165, 1.54) is 12.2 Å². The van der Waals surface area contributed by atoms with Crippen molar-refractivity contribution in [3.8, 4) is 0 Å². The second-order valence-corrected chi connectivity index (χ2v) is 8.35. The van der Waals surface area contributed by atoms with Gasteiger partial charge in [-0.25, -0.2) is 27.2 Å². The van der Waals surface area contributed by atoms with Gasteiger partial charge in [0, 0.05) is 22.3 Å². The van der Waals surface area contributed by atoms with Crippen LogP contribution in [0.4, 0.5) is 17.3 Å². The fourth-order valence-electron chi connectivity index (χ4n) is 2.45. The predicted molar refractivity (Wildman–Crippen MR) is 104 cm³/mol. The van der Waals surface area contributed by atoms with Crippen LogP contribution in [0.25, 0.3) is 0 Å². The Hall–Kier alpha value is -2.25. The monoisotopic (exact) mass is 396 g/mol. The van der Waals surface area contributed by atoms with Crippen molar-refractivity contribution in [3.63, 3.8) is 0 Å². The summed E-state index contributed by atoms with van der Waals surface area (Å²) in [5.41, 5.74) is 0.411. The van der Waals surface area contributed by atoms with Crippen LogP contribution in [0.3, 0.4) is 0 Å². The van der Waals surface area contributed by atoms with E-state index in [2.05, 4.69) is 19.3 Å². The van der Waals surface area contributed by atoms with Crippen LogP contribution < -0.4 is 0 Å². The number of halogens is 4. The van der Waals surface area contributed by atoms with E-state index < -0.39 is 26.5 Å². The number of allylic oxidation sites excluding steroid dienone is 4. The van der Waals surface area contributed by atoms with E-state index in [1.54, 1.807) is 12.2 Å². The summed E-state index contributed by atoms with van der Waals surface area (Å²) in [6, 6.07) is 0. The van der Waals surface area contributed by atoms with Crippen LogP contribution in [0, 0.1) is 10.8 Å². The molecule has 0 aromatic rings. The molecule has 0 spiro atoms. The molecule has 0 fully saturated rings. The van der Waals surface area contributed by atoms with Crippen molar-refractivity contribution in [1.82, 2.24) is 0 Å². The Bertz CT molecular complexity index is 746. The molecular weight excluding hydrogens is 374 g/mol. The Kier molecular flexibility index (Phi) is 6.31. The van der Waals surface area contributed by atoms with E-state index in [0.717, 1.165) is 0 Å². The van der Waals surface area contributed by atoms with Gasteiger partial charge >= 0.3 is 14.9 Å². The first-order chi connectivity index (χ1) is 12.8. The third-order valence-electron chi connectivity index (χ3n) is 3.90. The topological polar surface area (TPSA) is 43.2 Å². The summed E-state index contributed by atoms with van der Waals surface area (Å²) in [6.07, 6.45) is 6.12. The normalized spacial score (nSPS) is 20.1. The molecule has 0 aromatic carbocycles. The van der Waals surface area contributed by atoms with Crippen molar-refractivity contribution in [2.75, 3.05) is 0 Å². The molecule has 0 radical (unpaired) electrons. The van der Waals surface area contributed by atoms with Gasteiger partial charge in [0.2, 0.25) is 0 Å². The number of rotatable bonds is 5. The van der Waals surface area contributed by atoms with Gasteiger partial charge in [-0.05, 0) is 24.3 Å². The molecule has 0 aromatic heterocycles. The average Bonchev–Trinajstić information content (AvgIpc) is 3.18. The molecule has 2 heterocycles. The molecule has 2 rings (SSSR count). The Morgan fingerprint density at radius 1 is 0.679 bits per heavy atom. The smallest absolute Gasteiger partial charge is 0.501 e. The zero-order valence-corrected chi connectivity index (χ0v) is 16.7. The molecule has 0 unspecified atom stereocenters. The van der Waals surface area contributed by atoms with E-state index in [4.69, 9.17) is 0 Å². The summed E-state index contributed by atoms with van der Waals surface area (Å²) in [7, 11) is -6.50. The van der Waals surface area contributed by atoms with Crippen LogP contribution in [-0.2, 0) is 9.31 Å². The molecule has 2 aliphatic heterocycles. The minimum atomic E-state index is -3.25. The predicted octanol–water partition coefficient (Wildman–Crippen LogP) is 5.40. The summed E-state index contributed by atoms with van der Waals surface area (Å²) in [4.78, 5) is 8.55. The standard InChI is InChI=1S/C18H22B2F4N2O2/c1-17(2,3)13-9-7-11(25-13)15(27-19(21)22)16(28-20(23)24)12-8-10-14(26-12)18(4,5)6/h7-10H,1-6H3/b15-11+,16-12+. The van der Waals surface area contributed by atoms with Crippen molar-refractivity contribution in [3.05, 3.63) is 47.2 Å². The summed E-state index contributed by atoms with van der Waals surface area (Å²) in [5.74, 6) is -1.16. The first-order valence-electron chi connectivity index (χ1n) is 8.72. The van der Waals surface area contributed by atoms with E-state index in [1.807, 2.05) is 41.5 Å². The van der Waals surface area contributed by atoms with Gasteiger partial charge < -0.3 is 9.31 Å². The van der Waals surface area contributed by atoms with Crippen molar-refractivity contribution in [2.45, 2.75) is 41.5 Å². The fourth-order valence-corrected chi connectivity index (χ4v) is 2.45. The molecule has 4 nitrogen and oxygen atoms in total. The lowest BCUT2D eigenvalue weighted by atomic mass is 9.90. The lowest BCUT2D eigenvalue weighted by Crippen LogP contribution is -2.17. The van der Waals surface area contributed by atoms with Gasteiger partial charge in [-0.3, -0.25) is 0 Å². The summed E-state index contributed by atoms with van der Waals surface area (Å²) in [5, 5.41) is 0. The first-order valence-corrected chi connectivity index (χ1v) is 8.72. The van der Waals surface area contributed by atoms with Crippen LogP contribution in [0.1, 0.15) is 41.5 Å². The van der Waals surface area contributed by atoms with E-state index in [0.29, 0.717) is 11.4 Å². The lowest BCUT2D eigenvalue weighted by molar-refractivity contribution is 0.271. The zero-order chi connectivity index (χ0) is 21.3. The molecular formula is C18H22B2F4N2O2. The number of nitrogens with zero attached hydrogens (tertiary/aromatic N) is 2. The van der Waals surface area contributed by atoms with E-state index in [9.17, 15) is 17.3 Å². The Labute approximate surface area is 163 Å². The minimum Gasteiger partial charge on any atom is -0.501 e. The van der Waals surface area contributed by atoms with Crippen LogP contribution in [0.15, 0.2) is 57.2 Å². The fraction of sp³-hybridized carbons (Fsp3) is 0.444. The van der Waals surface area contributed by atoms with Crippen LogP contribution >= 0.6 is 0 Å². The van der Waals surface area contributed by atoms with Crippen molar-refractivity contribution in [2.24, 2.45) is 20.8 Å². The van der Waals surface area contributed by atoms with Crippen molar-refractivity contribution >= 4 is 26.4 Å². The Morgan fingerprint density at radius 3 is 1.21 bits per heavy atom. The molecule has 10 heteroatoms. The number of hydrogen-bond donors (Lipinski definition) is 0. The van der Waals surface area contributed by atoms with Crippen molar-refractivity contribution in [1.29, 1.82) is 0 Å². The van der Waals surface area contributed by atoms with Gasteiger partial charge in [-0.1, -0.05) is 41.5 Å². The second kappa shape index (κ2) is 8.01. The summed E-state index contributed by atoms with van der Waals surface area (Å²) >= 11 is 0. The molecule has 0 saturated carbocycles. The highest BCUT2D eigenvalue weighted by molar-refractivity contribution is 6.36. The summed E-state index contributed by atoms with van der Waals surface area (Å²) in [6.45, 7) is 11.3. The Morgan fingerprint density at radius 2 is 1.00 bits per heavy atom. The SMILES string of the molecule is CC(C)(C)C1=N/C(=C(OB(F)F)\C(OB(F)F)=C2\C=CC(C(C)(C)C)=N2)C=C1. The molecule has 0 saturated heterocycles. The third-order valence-corrected chi connectivity index (χ3v) is 3.90. The largest absolute Gasteiger partial charge is 0.796 e. The second-order valence-electron chi connectivity index (χ2n) is 8.35. The van der Waals surface area contributed by atoms with Crippen LogP contribution in [0.2, 0.25) is 0 Å². The minimum absolute atomic E-state index is 0.0267. The molecule has 150 valence electrons. The highest BCUT2D eigenvalue weighted by atomic mass is 19.2. The number of hydrogen-bond acceptors (Lipinski definition) is 4. The maximum absolute atomic E-state index is 13.1. The van der Waals surface area contributed by atoms with Gasteiger partial charge in [-0.15, -0.1) is 0 Å². The van der Waals surface area contributed by atoms with Gasteiger partial charge in [0.1, 0.15) is 11.4 Å². The van der Waals surface area contributed by atoms with Gasteiger partial charge in [0.15, 0.2) is 11.5 Å². The highest BCUT2D eigenvalue weighted by Gasteiger charge is 2.33. The molecule has 0 N–H and O–H groups in total. The average molecular weight is 396 g/mol. The van der Waals surface area contributed by atoms with Gasteiger partial charge in [-0.2, -0.15) is 0 Å². The quantitative estimate of drug-likeness (QED) is 0.355. The van der Waals surface area contributed by atoms with Gasteiger partial charge in [0.25, 0.3) is 0 Å². The molecule has 28 heavy (non-hydrogen) atoms. The highest BCUT2D eigenvalue weighted by Crippen LogP contribution is 2.33.